The number of carbonyl (C=O) groups is 2. The highest BCUT2D eigenvalue weighted by Gasteiger charge is 2.31. The van der Waals surface area contributed by atoms with Gasteiger partial charge in [0, 0.05) is 25.6 Å². The first-order valence-electron chi connectivity index (χ1n) is 6.31. The molecule has 1 saturated carbocycles. The molecule has 1 aliphatic rings. The summed E-state index contributed by atoms with van der Waals surface area (Å²) in [5.41, 5.74) is 1.83. The number of hydrogen-bond acceptors (Lipinski definition) is 2. The van der Waals surface area contributed by atoms with E-state index in [1.54, 1.807) is 18.0 Å². The van der Waals surface area contributed by atoms with E-state index in [1.165, 1.54) is 0 Å². The SMILES string of the molecule is CN(Cc1cccc(C=CC(=O)O)c1)C(=O)C1CC1. The maximum atomic E-state index is 11.8. The van der Waals surface area contributed by atoms with Crippen LogP contribution in [0.25, 0.3) is 6.08 Å². The Kier molecular flexibility index (Phi) is 4.00. The molecule has 0 spiro atoms. The van der Waals surface area contributed by atoms with Gasteiger partial charge in [0.15, 0.2) is 0 Å². The van der Waals surface area contributed by atoms with Crippen molar-refractivity contribution in [3.8, 4) is 0 Å². The molecule has 1 aromatic carbocycles. The zero-order valence-corrected chi connectivity index (χ0v) is 10.9. The summed E-state index contributed by atoms with van der Waals surface area (Å²) in [6, 6.07) is 7.54. The van der Waals surface area contributed by atoms with Crippen LogP contribution in [0.15, 0.2) is 30.3 Å². The molecule has 4 nitrogen and oxygen atoms in total. The van der Waals surface area contributed by atoms with E-state index in [-0.39, 0.29) is 11.8 Å². The molecule has 1 fully saturated rings. The third-order valence-corrected chi connectivity index (χ3v) is 3.09. The van der Waals surface area contributed by atoms with Crippen LogP contribution in [0.4, 0.5) is 0 Å². The van der Waals surface area contributed by atoms with E-state index in [0.717, 1.165) is 30.0 Å². The lowest BCUT2D eigenvalue weighted by Gasteiger charge is -2.17. The van der Waals surface area contributed by atoms with Gasteiger partial charge in [0.2, 0.25) is 5.91 Å². The third kappa shape index (κ3) is 3.95. The Balaban J connectivity index is 2.01. The van der Waals surface area contributed by atoms with E-state index in [2.05, 4.69) is 0 Å². The molecule has 0 aliphatic heterocycles. The second-order valence-electron chi connectivity index (χ2n) is 4.89. The van der Waals surface area contributed by atoms with Gasteiger partial charge in [-0.3, -0.25) is 4.79 Å². The molecule has 100 valence electrons. The van der Waals surface area contributed by atoms with Crippen LogP contribution in [0.5, 0.6) is 0 Å². The van der Waals surface area contributed by atoms with E-state index < -0.39 is 5.97 Å². The minimum Gasteiger partial charge on any atom is -0.478 e. The fourth-order valence-corrected chi connectivity index (χ4v) is 1.96. The zero-order valence-electron chi connectivity index (χ0n) is 10.9. The van der Waals surface area contributed by atoms with Crippen molar-refractivity contribution in [3.05, 3.63) is 41.5 Å². The van der Waals surface area contributed by atoms with Gasteiger partial charge in [-0.2, -0.15) is 0 Å². The summed E-state index contributed by atoms with van der Waals surface area (Å²) in [5, 5.41) is 8.59. The molecule has 0 atom stereocenters. The molecule has 19 heavy (non-hydrogen) atoms. The lowest BCUT2D eigenvalue weighted by atomic mass is 10.1. The molecule has 2 rings (SSSR count). The minimum atomic E-state index is -0.966. The number of hydrogen-bond donors (Lipinski definition) is 1. The van der Waals surface area contributed by atoms with E-state index in [9.17, 15) is 9.59 Å². The van der Waals surface area contributed by atoms with Crippen LogP contribution in [0, 0.1) is 5.92 Å². The summed E-state index contributed by atoms with van der Waals surface area (Å²) in [4.78, 5) is 24.0. The van der Waals surface area contributed by atoms with Crippen LogP contribution in [-0.4, -0.2) is 28.9 Å². The van der Waals surface area contributed by atoms with Crippen LogP contribution >= 0.6 is 0 Å². The number of carboxylic acids is 1. The maximum Gasteiger partial charge on any atom is 0.328 e. The highest BCUT2D eigenvalue weighted by atomic mass is 16.4. The van der Waals surface area contributed by atoms with Crippen LogP contribution in [0.3, 0.4) is 0 Å². The number of nitrogens with zero attached hydrogens (tertiary/aromatic N) is 1. The Morgan fingerprint density at radius 1 is 1.42 bits per heavy atom. The summed E-state index contributed by atoms with van der Waals surface area (Å²) in [6.45, 7) is 0.560. The zero-order chi connectivity index (χ0) is 13.8. The van der Waals surface area contributed by atoms with E-state index >= 15 is 0 Å². The normalized spacial score (nSPS) is 14.6. The molecule has 0 aromatic heterocycles. The first-order valence-corrected chi connectivity index (χ1v) is 6.31. The molecule has 0 heterocycles. The number of aliphatic carboxylic acids is 1. The third-order valence-electron chi connectivity index (χ3n) is 3.09. The van der Waals surface area contributed by atoms with Gasteiger partial charge in [-0.25, -0.2) is 4.79 Å². The van der Waals surface area contributed by atoms with Gasteiger partial charge in [-0.1, -0.05) is 18.2 Å². The molecule has 1 aliphatic carbocycles. The molecule has 1 N–H and O–H groups in total. The van der Waals surface area contributed by atoms with Gasteiger partial charge in [-0.15, -0.1) is 0 Å². The number of carbonyl (C=O) groups excluding carboxylic acids is 1. The fraction of sp³-hybridized carbons (Fsp3) is 0.333. The lowest BCUT2D eigenvalue weighted by Crippen LogP contribution is -2.27. The largest absolute Gasteiger partial charge is 0.478 e. The molecule has 1 amide bonds. The molecule has 0 radical (unpaired) electrons. The lowest BCUT2D eigenvalue weighted by molar-refractivity contribution is -0.132. The summed E-state index contributed by atoms with van der Waals surface area (Å²) >= 11 is 0. The van der Waals surface area contributed by atoms with E-state index in [0.29, 0.717) is 6.54 Å². The minimum absolute atomic E-state index is 0.200. The predicted octanol–water partition coefficient (Wildman–Crippen LogP) is 2.15. The van der Waals surface area contributed by atoms with Crippen molar-refractivity contribution in [3.63, 3.8) is 0 Å². The van der Waals surface area contributed by atoms with Gasteiger partial charge in [0.1, 0.15) is 0 Å². The second kappa shape index (κ2) is 5.69. The Bertz CT molecular complexity index is 518. The molecule has 1 aromatic rings. The number of rotatable bonds is 5. The summed E-state index contributed by atoms with van der Waals surface area (Å²) in [6.07, 6.45) is 4.67. The highest BCUT2D eigenvalue weighted by Crippen LogP contribution is 2.31. The number of amides is 1. The smallest absolute Gasteiger partial charge is 0.328 e. The van der Waals surface area contributed by atoms with Crippen LogP contribution in [0.2, 0.25) is 0 Å². The molecule has 0 saturated heterocycles. The fourth-order valence-electron chi connectivity index (χ4n) is 1.96. The van der Waals surface area contributed by atoms with Gasteiger partial charge < -0.3 is 10.0 Å². The Labute approximate surface area is 112 Å². The van der Waals surface area contributed by atoms with Crippen LogP contribution < -0.4 is 0 Å². The molecule has 0 bridgehead atoms. The highest BCUT2D eigenvalue weighted by molar-refractivity contribution is 5.85. The summed E-state index contributed by atoms with van der Waals surface area (Å²) < 4.78 is 0. The average molecular weight is 259 g/mol. The van der Waals surface area contributed by atoms with Crippen molar-refractivity contribution in [2.45, 2.75) is 19.4 Å². The quantitative estimate of drug-likeness (QED) is 0.824. The van der Waals surface area contributed by atoms with Crippen molar-refractivity contribution in [2.24, 2.45) is 5.92 Å². The number of benzene rings is 1. The van der Waals surface area contributed by atoms with Crippen molar-refractivity contribution in [1.82, 2.24) is 4.90 Å². The van der Waals surface area contributed by atoms with Crippen LogP contribution in [-0.2, 0) is 16.1 Å². The molecular formula is C15H17NO3. The van der Waals surface area contributed by atoms with Crippen LogP contribution in [0.1, 0.15) is 24.0 Å². The monoisotopic (exact) mass is 259 g/mol. The van der Waals surface area contributed by atoms with Crippen molar-refractivity contribution in [1.29, 1.82) is 0 Å². The maximum absolute atomic E-state index is 11.8. The standard InChI is InChI=1S/C15H17NO3/c1-16(15(19)13-6-7-13)10-12-4-2-3-11(9-12)5-8-14(17)18/h2-5,8-9,13H,6-7,10H2,1H3,(H,17,18). The van der Waals surface area contributed by atoms with E-state index in [1.807, 2.05) is 24.3 Å². The first kappa shape index (κ1) is 13.3. The van der Waals surface area contributed by atoms with Crippen molar-refractivity contribution >= 4 is 18.0 Å². The Hall–Kier alpha value is -2.10. The average Bonchev–Trinajstić information content (AvgIpc) is 3.20. The van der Waals surface area contributed by atoms with E-state index in [4.69, 9.17) is 5.11 Å². The topological polar surface area (TPSA) is 57.6 Å². The van der Waals surface area contributed by atoms with Gasteiger partial charge >= 0.3 is 5.97 Å². The molecule has 4 heteroatoms. The second-order valence-corrected chi connectivity index (χ2v) is 4.89. The van der Waals surface area contributed by atoms with Gasteiger partial charge in [0.25, 0.3) is 0 Å². The molecular weight excluding hydrogens is 242 g/mol. The summed E-state index contributed by atoms with van der Waals surface area (Å²) in [7, 11) is 1.81. The first-order chi connectivity index (χ1) is 9.06. The Morgan fingerprint density at radius 3 is 2.79 bits per heavy atom. The Morgan fingerprint density at radius 2 is 2.16 bits per heavy atom. The van der Waals surface area contributed by atoms with Gasteiger partial charge in [-0.05, 0) is 36.1 Å². The van der Waals surface area contributed by atoms with Gasteiger partial charge in [0.05, 0.1) is 0 Å². The predicted molar refractivity (Wildman–Crippen MR) is 72.3 cm³/mol. The van der Waals surface area contributed by atoms with Crippen molar-refractivity contribution in [2.75, 3.05) is 7.05 Å². The van der Waals surface area contributed by atoms with Crippen molar-refractivity contribution < 1.29 is 14.7 Å². The number of carboxylic acid groups (broad SMARTS) is 1. The summed E-state index contributed by atoms with van der Waals surface area (Å²) in [5.74, 6) is -0.544. The molecule has 0 unspecified atom stereocenters.